The number of nitrogens with zero attached hydrogens (tertiary/aromatic N) is 4. The summed E-state index contributed by atoms with van der Waals surface area (Å²) < 4.78 is 2.86. The van der Waals surface area contributed by atoms with E-state index in [0.29, 0.717) is 24.7 Å². The molecule has 1 amide bonds. The topological polar surface area (TPSA) is 66.8 Å². The van der Waals surface area contributed by atoms with Crippen LogP contribution in [0.1, 0.15) is 41.0 Å². The van der Waals surface area contributed by atoms with Crippen LogP contribution in [0.4, 0.5) is 0 Å². The van der Waals surface area contributed by atoms with Crippen LogP contribution in [0.25, 0.3) is 0 Å². The average Bonchev–Trinajstić information content (AvgIpc) is 2.95. The first kappa shape index (κ1) is 12.1. The highest BCUT2D eigenvalue weighted by Crippen LogP contribution is 2.39. The van der Waals surface area contributed by atoms with Gasteiger partial charge in [0.15, 0.2) is 0 Å². The van der Waals surface area contributed by atoms with Crippen LogP contribution < -0.4 is 0 Å². The van der Waals surface area contributed by atoms with Gasteiger partial charge in [0.1, 0.15) is 5.69 Å². The molecule has 0 bridgehead atoms. The van der Waals surface area contributed by atoms with Gasteiger partial charge in [-0.15, -0.1) is 0 Å². The summed E-state index contributed by atoms with van der Waals surface area (Å²) in [4.78, 5) is 14.1. The summed E-state index contributed by atoms with van der Waals surface area (Å²) in [7, 11) is 0. The van der Waals surface area contributed by atoms with Crippen molar-refractivity contribution in [2.45, 2.75) is 24.8 Å². The van der Waals surface area contributed by atoms with Crippen molar-refractivity contribution < 1.29 is 4.79 Å². The molecule has 1 saturated heterocycles. The van der Waals surface area contributed by atoms with Gasteiger partial charge in [-0.2, -0.15) is 10.2 Å². The molecule has 2 aromatic heterocycles. The Balaban J connectivity index is 1.40. The second-order valence-corrected chi connectivity index (χ2v) is 6.40. The third-order valence-corrected chi connectivity index (χ3v) is 4.34. The molecule has 0 radical (unpaired) electrons. The van der Waals surface area contributed by atoms with Crippen molar-refractivity contribution in [3.05, 3.63) is 34.3 Å². The highest BCUT2D eigenvalue weighted by Gasteiger charge is 2.34. The highest BCUT2D eigenvalue weighted by molar-refractivity contribution is 9.10. The van der Waals surface area contributed by atoms with Crippen LogP contribution in [-0.2, 0) is 0 Å². The monoisotopic (exact) mass is 335 g/mol. The number of likely N-dealkylation sites (tertiary alicyclic amines) is 1. The van der Waals surface area contributed by atoms with Crippen molar-refractivity contribution >= 4 is 21.8 Å². The summed E-state index contributed by atoms with van der Waals surface area (Å²) in [5.41, 5.74) is 1.63. The second-order valence-electron chi connectivity index (χ2n) is 5.49. The van der Waals surface area contributed by atoms with E-state index in [9.17, 15) is 4.79 Å². The van der Waals surface area contributed by atoms with Gasteiger partial charge >= 0.3 is 0 Å². The molecule has 2 aromatic rings. The molecule has 0 unspecified atom stereocenters. The number of halogens is 1. The molecule has 2 aliphatic rings. The Bertz CT molecular complexity index is 653. The Morgan fingerprint density at radius 2 is 2.20 bits per heavy atom. The molecule has 1 aliphatic heterocycles. The first-order chi connectivity index (χ1) is 9.70. The molecule has 2 fully saturated rings. The van der Waals surface area contributed by atoms with E-state index in [1.807, 2.05) is 21.8 Å². The van der Waals surface area contributed by atoms with E-state index in [2.05, 4.69) is 31.2 Å². The van der Waals surface area contributed by atoms with Gasteiger partial charge < -0.3 is 4.90 Å². The van der Waals surface area contributed by atoms with Crippen LogP contribution in [0.5, 0.6) is 0 Å². The Morgan fingerprint density at radius 3 is 2.85 bits per heavy atom. The zero-order chi connectivity index (χ0) is 13.7. The fourth-order valence-electron chi connectivity index (χ4n) is 2.51. The van der Waals surface area contributed by atoms with E-state index in [4.69, 9.17) is 0 Å². The minimum absolute atomic E-state index is 0.00984. The molecule has 1 N–H and O–H groups in total. The number of amides is 1. The van der Waals surface area contributed by atoms with Crippen molar-refractivity contribution in [3.8, 4) is 0 Å². The molecule has 1 saturated carbocycles. The van der Waals surface area contributed by atoms with E-state index < -0.39 is 0 Å². The molecule has 104 valence electrons. The van der Waals surface area contributed by atoms with Crippen LogP contribution in [0.15, 0.2) is 22.9 Å². The van der Waals surface area contributed by atoms with Gasteiger partial charge in [-0.25, -0.2) is 0 Å². The minimum atomic E-state index is 0.00984. The summed E-state index contributed by atoms with van der Waals surface area (Å²) in [5, 5.41) is 11.4. The molecular formula is C13H14BrN5O. The SMILES string of the molecule is O=C(c1cc(C2CC2)[nH]n1)N1CC(n2cc(Br)cn2)C1. The van der Waals surface area contributed by atoms with Crippen LogP contribution in [0.2, 0.25) is 0 Å². The number of aromatic amines is 1. The number of H-pyrrole nitrogens is 1. The molecule has 7 heteroatoms. The number of nitrogens with one attached hydrogen (secondary N) is 1. The van der Waals surface area contributed by atoms with E-state index in [1.165, 1.54) is 12.8 Å². The minimum Gasteiger partial charge on any atom is -0.333 e. The molecule has 0 aromatic carbocycles. The molecule has 4 rings (SSSR count). The van der Waals surface area contributed by atoms with Gasteiger partial charge in [-0.3, -0.25) is 14.6 Å². The maximum absolute atomic E-state index is 12.3. The van der Waals surface area contributed by atoms with Crippen molar-refractivity contribution in [2.24, 2.45) is 0 Å². The van der Waals surface area contributed by atoms with Crippen molar-refractivity contribution in [2.75, 3.05) is 13.1 Å². The molecule has 0 atom stereocenters. The Kier molecular flexibility index (Phi) is 2.70. The smallest absolute Gasteiger partial charge is 0.274 e. The van der Waals surface area contributed by atoms with E-state index in [-0.39, 0.29) is 11.9 Å². The van der Waals surface area contributed by atoms with Gasteiger partial charge in [0.25, 0.3) is 5.91 Å². The van der Waals surface area contributed by atoms with Crippen LogP contribution in [0.3, 0.4) is 0 Å². The lowest BCUT2D eigenvalue weighted by Gasteiger charge is -2.38. The lowest BCUT2D eigenvalue weighted by atomic mass is 10.1. The largest absolute Gasteiger partial charge is 0.333 e. The van der Waals surface area contributed by atoms with E-state index >= 15 is 0 Å². The zero-order valence-corrected chi connectivity index (χ0v) is 12.4. The lowest BCUT2D eigenvalue weighted by Crippen LogP contribution is -2.51. The highest BCUT2D eigenvalue weighted by atomic mass is 79.9. The first-order valence-electron chi connectivity index (χ1n) is 6.75. The lowest BCUT2D eigenvalue weighted by molar-refractivity contribution is 0.0495. The molecule has 3 heterocycles. The third-order valence-electron chi connectivity index (χ3n) is 3.93. The summed E-state index contributed by atoms with van der Waals surface area (Å²) in [6.07, 6.45) is 6.11. The number of hydrogen-bond acceptors (Lipinski definition) is 3. The number of carbonyl (C=O) groups is 1. The second kappa shape index (κ2) is 4.44. The summed E-state index contributed by atoms with van der Waals surface area (Å²) in [6, 6.07) is 2.17. The molecule has 20 heavy (non-hydrogen) atoms. The van der Waals surface area contributed by atoms with E-state index in [0.717, 1.165) is 10.2 Å². The maximum Gasteiger partial charge on any atom is 0.274 e. The summed E-state index contributed by atoms with van der Waals surface area (Å²) in [5.74, 6) is 0.602. The number of hydrogen-bond donors (Lipinski definition) is 1. The van der Waals surface area contributed by atoms with Gasteiger partial charge in [0.05, 0.1) is 16.7 Å². The van der Waals surface area contributed by atoms with Crippen LogP contribution in [-0.4, -0.2) is 43.9 Å². The maximum atomic E-state index is 12.3. The predicted octanol–water partition coefficient (Wildman–Crippen LogP) is 1.94. The van der Waals surface area contributed by atoms with Crippen molar-refractivity contribution in [1.29, 1.82) is 0 Å². The van der Waals surface area contributed by atoms with Crippen LogP contribution in [0, 0.1) is 0 Å². The van der Waals surface area contributed by atoms with Crippen LogP contribution >= 0.6 is 15.9 Å². The van der Waals surface area contributed by atoms with Gasteiger partial charge in [-0.05, 0) is 34.8 Å². The fourth-order valence-corrected chi connectivity index (χ4v) is 2.82. The van der Waals surface area contributed by atoms with Crippen molar-refractivity contribution in [1.82, 2.24) is 24.9 Å². The number of aromatic nitrogens is 4. The Hall–Kier alpha value is -1.63. The van der Waals surface area contributed by atoms with E-state index in [1.54, 1.807) is 6.20 Å². The van der Waals surface area contributed by atoms with Gasteiger partial charge in [0.2, 0.25) is 0 Å². The zero-order valence-electron chi connectivity index (χ0n) is 10.8. The average molecular weight is 336 g/mol. The predicted molar refractivity (Wildman–Crippen MR) is 75.4 cm³/mol. The summed E-state index contributed by atoms with van der Waals surface area (Å²) >= 11 is 3.38. The Labute approximate surface area is 124 Å². The normalized spacial score (nSPS) is 19.1. The quantitative estimate of drug-likeness (QED) is 0.932. The first-order valence-corrected chi connectivity index (χ1v) is 7.54. The van der Waals surface area contributed by atoms with Gasteiger partial charge in [0, 0.05) is 30.9 Å². The molecule has 1 aliphatic carbocycles. The van der Waals surface area contributed by atoms with Crippen molar-refractivity contribution in [3.63, 3.8) is 0 Å². The Morgan fingerprint density at radius 1 is 1.40 bits per heavy atom. The van der Waals surface area contributed by atoms with Gasteiger partial charge in [-0.1, -0.05) is 0 Å². The third kappa shape index (κ3) is 2.06. The molecule has 6 nitrogen and oxygen atoms in total. The number of carbonyl (C=O) groups excluding carboxylic acids is 1. The number of rotatable bonds is 3. The fraction of sp³-hybridized carbons (Fsp3) is 0.462. The molecule has 0 spiro atoms. The standard InChI is InChI=1S/C13H14BrN5O/c14-9-4-15-19(5-9)10-6-18(7-10)13(20)12-3-11(16-17-12)8-1-2-8/h3-5,8,10H,1-2,6-7H2,(H,16,17). The molecular weight excluding hydrogens is 322 g/mol. The summed E-state index contributed by atoms with van der Waals surface area (Å²) in [6.45, 7) is 1.39.